The highest BCUT2D eigenvalue weighted by Gasteiger charge is 2.14. The largest absolute Gasteiger partial charge is 0.333 e. The lowest BCUT2D eigenvalue weighted by Gasteiger charge is -2.05. The Balaban J connectivity index is 1.63. The van der Waals surface area contributed by atoms with Gasteiger partial charge in [0.15, 0.2) is 5.16 Å². The van der Waals surface area contributed by atoms with Gasteiger partial charge in [0.05, 0.1) is 21.7 Å². The number of H-pyrrole nitrogens is 1. The molecule has 0 bridgehead atoms. The number of benzene rings is 2. The summed E-state index contributed by atoms with van der Waals surface area (Å²) in [6.07, 6.45) is 0. The van der Waals surface area contributed by atoms with Gasteiger partial charge >= 0.3 is 0 Å². The van der Waals surface area contributed by atoms with Crippen molar-refractivity contribution >= 4 is 51.7 Å². The van der Waals surface area contributed by atoms with Crippen molar-refractivity contribution in [1.82, 2.24) is 9.97 Å². The number of halogens is 1. The average molecular weight is 363 g/mol. The van der Waals surface area contributed by atoms with Crippen LogP contribution in [0.1, 0.15) is 0 Å². The zero-order chi connectivity index (χ0) is 17.1. The number of aromatic amines is 1. The summed E-state index contributed by atoms with van der Waals surface area (Å²) in [5, 5.41) is 14.1. The van der Waals surface area contributed by atoms with E-state index in [1.165, 1.54) is 30.0 Å². The fraction of sp³-hybridized carbons (Fsp3) is 0.0667. The van der Waals surface area contributed by atoms with Crippen LogP contribution in [0.25, 0.3) is 11.0 Å². The molecule has 9 heteroatoms. The van der Waals surface area contributed by atoms with Gasteiger partial charge in [0.25, 0.3) is 5.69 Å². The normalized spacial score (nSPS) is 10.7. The summed E-state index contributed by atoms with van der Waals surface area (Å²) >= 11 is 6.99. The smallest absolute Gasteiger partial charge is 0.289 e. The maximum Gasteiger partial charge on any atom is 0.289 e. The van der Waals surface area contributed by atoms with Crippen LogP contribution in [-0.2, 0) is 4.79 Å². The van der Waals surface area contributed by atoms with Crippen LogP contribution < -0.4 is 5.32 Å². The lowest BCUT2D eigenvalue weighted by Crippen LogP contribution is -2.14. The molecule has 1 heterocycles. The molecule has 0 aliphatic heterocycles. The summed E-state index contributed by atoms with van der Waals surface area (Å²) in [5.41, 5.74) is 1.79. The molecule has 2 N–H and O–H groups in total. The Morgan fingerprint density at radius 2 is 2.12 bits per heavy atom. The number of nitro benzene ring substituents is 1. The van der Waals surface area contributed by atoms with E-state index in [9.17, 15) is 14.9 Å². The summed E-state index contributed by atoms with van der Waals surface area (Å²) in [6.45, 7) is 0. The molecule has 0 aliphatic carbocycles. The molecule has 0 saturated carbocycles. The van der Waals surface area contributed by atoms with Crippen molar-refractivity contribution in [3.63, 3.8) is 0 Å². The predicted molar refractivity (Wildman–Crippen MR) is 93.6 cm³/mol. The second-order valence-corrected chi connectivity index (χ2v) is 6.19. The number of para-hydroxylation sites is 2. The molecule has 122 valence electrons. The van der Waals surface area contributed by atoms with E-state index < -0.39 is 4.92 Å². The van der Waals surface area contributed by atoms with Crippen LogP contribution in [-0.4, -0.2) is 26.6 Å². The van der Waals surface area contributed by atoms with Crippen LogP contribution >= 0.6 is 23.4 Å². The van der Waals surface area contributed by atoms with Gasteiger partial charge < -0.3 is 10.3 Å². The van der Waals surface area contributed by atoms with E-state index >= 15 is 0 Å². The van der Waals surface area contributed by atoms with Crippen molar-refractivity contribution in [1.29, 1.82) is 0 Å². The van der Waals surface area contributed by atoms with Crippen LogP contribution in [0, 0.1) is 10.1 Å². The number of aromatic nitrogens is 2. The number of hydrogen-bond donors (Lipinski definition) is 2. The summed E-state index contributed by atoms with van der Waals surface area (Å²) in [7, 11) is 0. The third-order valence-corrected chi connectivity index (χ3v) is 4.33. The van der Waals surface area contributed by atoms with Gasteiger partial charge in [-0.25, -0.2) is 4.98 Å². The molecule has 3 rings (SSSR count). The van der Waals surface area contributed by atoms with Crippen LogP contribution in [0.3, 0.4) is 0 Å². The second kappa shape index (κ2) is 6.90. The van der Waals surface area contributed by atoms with Gasteiger partial charge in [0.2, 0.25) is 5.91 Å². The molecule has 1 aromatic heterocycles. The van der Waals surface area contributed by atoms with E-state index in [0.717, 1.165) is 11.0 Å². The topological polar surface area (TPSA) is 101 Å². The Bertz CT molecular complexity index is 895. The van der Waals surface area contributed by atoms with Crippen molar-refractivity contribution in [2.75, 3.05) is 11.1 Å². The first-order chi connectivity index (χ1) is 11.5. The Labute approximate surface area is 145 Å². The van der Waals surface area contributed by atoms with Crippen molar-refractivity contribution < 1.29 is 9.72 Å². The van der Waals surface area contributed by atoms with E-state index in [-0.39, 0.29) is 22.4 Å². The fourth-order valence-corrected chi connectivity index (χ4v) is 2.93. The molecule has 2 aromatic carbocycles. The lowest BCUT2D eigenvalue weighted by atomic mass is 10.3. The molecule has 0 radical (unpaired) electrons. The highest BCUT2D eigenvalue weighted by molar-refractivity contribution is 7.99. The van der Waals surface area contributed by atoms with Crippen LogP contribution in [0.2, 0.25) is 5.02 Å². The summed E-state index contributed by atoms with van der Waals surface area (Å²) < 4.78 is 0. The number of nitro groups is 1. The summed E-state index contributed by atoms with van der Waals surface area (Å²) in [4.78, 5) is 29.7. The minimum Gasteiger partial charge on any atom is -0.333 e. The monoisotopic (exact) mass is 362 g/mol. The highest BCUT2D eigenvalue weighted by atomic mass is 35.5. The number of rotatable bonds is 5. The first-order valence-electron chi connectivity index (χ1n) is 6.84. The minimum absolute atomic E-state index is 0.0228. The SMILES string of the molecule is O=C(CSc1nc2ccccc2[nH]1)Nc1ccc(Cl)c([N+](=O)[O-])c1. The Morgan fingerprint density at radius 1 is 1.33 bits per heavy atom. The zero-order valence-corrected chi connectivity index (χ0v) is 13.7. The van der Waals surface area contributed by atoms with E-state index in [1.807, 2.05) is 24.3 Å². The van der Waals surface area contributed by atoms with Crippen LogP contribution in [0.5, 0.6) is 0 Å². The summed E-state index contributed by atoms with van der Waals surface area (Å²) in [5.74, 6) is -0.173. The second-order valence-electron chi connectivity index (χ2n) is 4.82. The van der Waals surface area contributed by atoms with Gasteiger partial charge in [-0.05, 0) is 24.3 Å². The third-order valence-electron chi connectivity index (χ3n) is 3.13. The van der Waals surface area contributed by atoms with Crippen molar-refractivity contribution in [3.8, 4) is 0 Å². The van der Waals surface area contributed by atoms with Crippen molar-refractivity contribution in [3.05, 3.63) is 57.6 Å². The van der Waals surface area contributed by atoms with Gasteiger partial charge in [0, 0.05) is 11.8 Å². The van der Waals surface area contributed by atoms with Gasteiger partial charge in [-0.15, -0.1) is 0 Å². The third kappa shape index (κ3) is 3.66. The molecule has 0 atom stereocenters. The number of fused-ring (bicyclic) bond motifs is 1. The molecule has 24 heavy (non-hydrogen) atoms. The molecule has 1 amide bonds. The number of carbonyl (C=O) groups excluding carboxylic acids is 1. The van der Waals surface area contributed by atoms with Crippen molar-refractivity contribution in [2.24, 2.45) is 0 Å². The maximum absolute atomic E-state index is 12.0. The van der Waals surface area contributed by atoms with Gasteiger partial charge in [-0.1, -0.05) is 35.5 Å². The predicted octanol–water partition coefficient (Wildman–Crippen LogP) is 3.86. The van der Waals surface area contributed by atoms with E-state index in [1.54, 1.807) is 0 Å². The first-order valence-corrected chi connectivity index (χ1v) is 8.20. The maximum atomic E-state index is 12.0. The molecule has 0 unspecified atom stereocenters. The number of nitrogens with zero attached hydrogens (tertiary/aromatic N) is 2. The molecule has 0 aliphatic rings. The Morgan fingerprint density at radius 3 is 2.88 bits per heavy atom. The molecular formula is C15H11ClN4O3S. The number of imidazole rings is 1. The minimum atomic E-state index is -0.596. The molecule has 0 fully saturated rings. The first kappa shape index (κ1) is 16.3. The molecule has 0 spiro atoms. The fourth-order valence-electron chi connectivity index (χ4n) is 2.06. The van der Waals surface area contributed by atoms with Gasteiger partial charge in [-0.2, -0.15) is 0 Å². The number of thioether (sulfide) groups is 1. The number of anilines is 1. The zero-order valence-electron chi connectivity index (χ0n) is 12.2. The summed E-state index contributed by atoms with van der Waals surface area (Å²) in [6, 6.07) is 11.7. The number of carbonyl (C=O) groups is 1. The van der Waals surface area contributed by atoms with Crippen molar-refractivity contribution in [2.45, 2.75) is 5.16 Å². The Hall–Kier alpha value is -2.58. The molecular weight excluding hydrogens is 352 g/mol. The Kier molecular flexibility index (Phi) is 4.68. The highest BCUT2D eigenvalue weighted by Crippen LogP contribution is 2.27. The average Bonchev–Trinajstić information content (AvgIpc) is 2.97. The van der Waals surface area contributed by atoms with E-state index in [0.29, 0.717) is 10.8 Å². The van der Waals surface area contributed by atoms with Crippen LogP contribution in [0.4, 0.5) is 11.4 Å². The molecule has 3 aromatic rings. The molecule has 7 nitrogen and oxygen atoms in total. The van der Waals surface area contributed by atoms with E-state index in [2.05, 4.69) is 15.3 Å². The van der Waals surface area contributed by atoms with E-state index in [4.69, 9.17) is 11.6 Å². The van der Waals surface area contributed by atoms with Gasteiger partial charge in [0.1, 0.15) is 5.02 Å². The van der Waals surface area contributed by atoms with Gasteiger partial charge in [-0.3, -0.25) is 14.9 Å². The number of nitrogens with one attached hydrogen (secondary N) is 2. The standard InChI is InChI=1S/C15H11ClN4O3S/c16-10-6-5-9(7-13(10)20(22)23)17-14(21)8-24-15-18-11-3-1-2-4-12(11)19-15/h1-7H,8H2,(H,17,21)(H,18,19). The van der Waals surface area contributed by atoms with Crippen LogP contribution in [0.15, 0.2) is 47.6 Å². The lowest BCUT2D eigenvalue weighted by molar-refractivity contribution is -0.384. The number of amides is 1. The number of hydrogen-bond acceptors (Lipinski definition) is 5. The quantitative estimate of drug-likeness (QED) is 0.407. The molecule has 0 saturated heterocycles.